The van der Waals surface area contributed by atoms with Crippen LogP contribution in [-0.4, -0.2) is 24.7 Å². The van der Waals surface area contributed by atoms with Gasteiger partial charge in [0, 0.05) is 23.7 Å². The first-order chi connectivity index (χ1) is 9.78. The van der Waals surface area contributed by atoms with Gasteiger partial charge >= 0.3 is 0 Å². The summed E-state index contributed by atoms with van der Waals surface area (Å²) in [4.78, 5) is 4.04. The van der Waals surface area contributed by atoms with E-state index in [0.29, 0.717) is 17.8 Å². The molecular weight excluding hydrogens is 250 g/mol. The van der Waals surface area contributed by atoms with Crippen LogP contribution < -0.4 is 15.8 Å². The zero-order chi connectivity index (χ0) is 13.9. The summed E-state index contributed by atoms with van der Waals surface area (Å²) >= 11 is 0. The third-order valence-corrected chi connectivity index (χ3v) is 3.89. The number of ether oxygens (including phenoxy) is 1. The molecule has 4 nitrogen and oxygen atoms in total. The Morgan fingerprint density at radius 1 is 1.40 bits per heavy atom. The van der Waals surface area contributed by atoms with Gasteiger partial charge in [0.1, 0.15) is 11.6 Å². The number of hydrogen-bond donors (Lipinski definition) is 2. The molecule has 20 heavy (non-hydrogen) atoms. The van der Waals surface area contributed by atoms with Crippen LogP contribution in [-0.2, 0) is 6.42 Å². The molecule has 1 aliphatic heterocycles. The molecule has 0 saturated carbocycles. The number of likely N-dealkylation sites (N-methyl/N-ethyl adjacent to an activating group) is 1. The Kier molecular flexibility index (Phi) is 3.56. The lowest BCUT2D eigenvalue weighted by Crippen LogP contribution is -2.35. The van der Waals surface area contributed by atoms with Gasteiger partial charge in [0.2, 0.25) is 0 Å². The number of anilines is 1. The molecule has 2 heterocycles. The van der Waals surface area contributed by atoms with E-state index in [0.717, 1.165) is 18.8 Å². The summed E-state index contributed by atoms with van der Waals surface area (Å²) in [6.45, 7) is 0.728. The van der Waals surface area contributed by atoms with Gasteiger partial charge in [-0.3, -0.25) is 0 Å². The summed E-state index contributed by atoms with van der Waals surface area (Å²) in [6, 6.07) is 12.5. The van der Waals surface area contributed by atoms with E-state index in [9.17, 15) is 0 Å². The minimum Gasteiger partial charge on any atom is -0.493 e. The molecule has 4 heteroatoms. The average molecular weight is 269 g/mol. The van der Waals surface area contributed by atoms with E-state index in [1.807, 2.05) is 31.3 Å². The number of nitrogens with two attached hydrogens (primary N) is 1. The van der Waals surface area contributed by atoms with Gasteiger partial charge in [-0.05, 0) is 37.2 Å². The lowest BCUT2D eigenvalue weighted by Gasteiger charge is -2.22. The first-order valence-electron chi connectivity index (χ1n) is 6.87. The summed E-state index contributed by atoms with van der Waals surface area (Å²) in [7, 11) is 2.00. The molecule has 2 unspecified atom stereocenters. The Hall–Kier alpha value is -2.07. The highest BCUT2D eigenvalue weighted by Crippen LogP contribution is 2.36. The molecule has 1 aliphatic rings. The fraction of sp³-hybridized carbons (Fsp3) is 0.312. The summed E-state index contributed by atoms with van der Waals surface area (Å²) in [5.41, 5.74) is 8.23. The van der Waals surface area contributed by atoms with Crippen molar-refractivity contribution in [2.24, 2.45) is 0 Å². The molecular formula is C16H19N3O. The summed E-state index contributed by atoms with van der Waals surface area (Å²) in [5, 5.41) is 3.41. The second kappa shape index (κ2) is 5.51. The normalized spacial score (nSPS) is 18.4. The molecule has 0 bridgehead atoms. The van der Waals surface area contributed by atoms with Crippen LogP contribution in [0, 0.1) is 0 Å². The van der Waals surface area contributed by atoms with Gasteiger partial charge in [0.05, 0.1) is 6.61 Å². The van der Waals surface area contributed by atoms with Crippen LogP contribution in [0.15, 0.2) is 42.6 Å². The predicted molar refractivity (Wildman–Crippen MR) is 79.9 cm³/mol. The molecule has 3 N–H and O–H groups in total. The van der Waals surface area contributed by atoms with Crippen molar-refractivity contribution in [3.63, 3.8) is 0 Å². The van der Waals surface area contributed by atoms with Gasteiger partial charge in [-0.25, -0.2) is 4.98 Å². The molecule has 0 amide bonds. The van der Waals surface area contributed by atoms with E-state index in [-0.39, 0.29) is 0 Å². The standard InChI is InChI=1S/C16H19N3O/c1-18-14(8-11-6-7-19-16(17)9-11)13-10-20-15-5-3-2-4-12(13)15/h2-7,9,13-14,18H,8,10H2,1H3,(H2,17,19). The molecule has 0 saturated heterocycles. The summed E-state index contributed by atoms with van der Waals surface area (Å²) in [5.74, 6) is 1.94. The number of nitrogen functional groups attached to an aromatic ring is 1. The maximum Gasteiger partial charge on any atom is 0.123 e. The van der Waals surface area contributed by atoms with Gasteiger partial charge in [0.15, 0.2) is 0 Å². The Labute approximate surface area is 119 Å². The maximum atomic E-state index is 5.78. The monoisotopic (exact) mass is 269 g/mol. The van der Waals surface area contributed by atoms with Crippen molar-refractivity contribution < 1.29 is 4.74 Å². The minimum atomic E-state index is 0.320. The third-order valence-electron chi connectivity index (χ3n) is 3.89. The van der Waals surface area contributed by atoms with Gasteiger partial charge in [-0.2, -0.15) is 0 Å². The van der Waals surface area contributed by atoms with Gasteiger partial charge in [0.25, 0.3) is 0 Å². The zero-order valence-electron chi connectivity index (χ0n) is 11.5. The Morgan fingerprint density at radius 3 is 3.05 bits per heavy atom. The number of nitrogens with zero attached hydrogens (tertiary/aromatic N) is 1. The Morgan fingerprint density at radius 2 is 2.25 bits per heavy atom. The number of benzene rings is 1. The molecule has 0 aliphatic carbocycles. The number of fused-ring (bicyclic) bond motifs is 1. The predicted octanol–water partition coefficient (Wildman–Crippen LogP) is 1.97. The van der Waals surface area contributed by atoms with E-state index >= 15 is 0 Å². The Bertz CT molecular complexity index is 600. The highest BCUT2D eigenvalue weighted by molar-refractivity contribution is 5.41. The van der Waals surface area contributed by atoms with Gasteiger partial charge < -0.3 is 15.8 Å². The van der Waals surface area contributed by atoms with E-state index in [1.165, 1.54) is 11.1 Å². The first-order valence-corrected chi connectivity index (χ1v) is 6.87. The highest BCUT2D eigenvalue weighted by atomic mass is 16.5. The number of hydrogen-bond acceptors (Lipinski definition) is 4. The smallest absolute Gasteiger partial charge is 0.123 e. The molecule has 1 aromatic heterocycles. The summed E-state index contributed by atoms with van der Waals surface area (Å²) in [6.07, 6.45) is 2.67. The SMILES string of the molecule is CNC(Cc1ccnc(N)c1)C1COc2ccccc21. The van der Waals surface area contributed by atoms with Crippen LogP contribution in [0.4, 0.5) is 5.82 Å². The second-order valence-electron chi connectivity index (χ2n) is 5.14. The van der Waals surface area contributed by atoms with E-state index in [1.54, 1.807) is 6.20 Å². The van der Waals surface area contributed by atoms with E-state index in [2.05, 4.69) is 22.4 Å². The number of nitrogens with one attached hydrogen (secondary N) is 1. The molecule has 0 fully saturated rings. The quantitative estimate of drug-likeness (QED) is 0.891. The van der Waals surface area contributed by atoms with Gasteiger partial charge in [-0.15, -0.1) is 0 Å². The van der Waals surface area contributed by atoms with Crippen LogP contribution in [0.1, 0.15) is 17.0 Å². The number of rotatable bonds is 4. The lowest BCUT2D eigenvalue weighted by molar-refractivity contribution is 0.302. The number of para-hydroxylation sites is 1. The maximum absolute atomic E-state index is 5.78. The van der Waals surface area contributed by atoms with Crippen molar-refractivity contribution in [1.82, 2.24) is 10.3 Å². The van der Waals surface area contributed by atoms with Crippen molar-refractivity contribution in [2.75, 3.05) is 19.4 Å². The lowest BCUT2D eigenvalue weighted by atomic mass is 9.89. The van der Waals surface area contributed by atoms with Crippen molar-refractivity contribution in [1.29, 1.82) is 0 Å². The van der Waals surface area contributed by atoms with Crippen LogP contribution in [0.25, 0.3) is 0 Å². The van der Waals surface area contributed by atoms with Crippen LogP contribution in [0.2, 0.25) is 0 Å². The first kappa shape index (κ1) is 12.9. The molecule has 2 atom stereocenters. The molecule has 0 spiro atoms. The molecule has 2 aromatic rings. The Balaban J connectivity index is 1.81. The van der Waals surface area contributed by atoms with Gasteiger partial charge in [-0.1, -0.05) is 18.2 Å². The fourth-order valence-electron chi connectivity index (χ4n) is 2.84. The second-order valence-corrected chi connectivity index (χ2v) is 5.14. The fourth-order valence-corrected chi connectivity index (χ4v) is 2.84. The van der Waals surface area contributed by atoms with Crippen molar-refractivity contribution >= 4 is 5.82 Å². The minimum absolute atomic E-state index is 0.320. The van der Waals surface area contributed by atoms with Crippen molar-refractivity contribution in [3.05, 3.63) is 53.7 Å². The van der Waals surface area contributed by atoms with Crippen LogP contribution in [0.5, 0.6) is 5.75 Å². The van der Waals surface area contributed by atoms with E-state index < -0.39 is 0 Å². The average Bonchev–Trinajstić information content (AvgIpc) is 2.89. The number of pyridine rings is 1. The third kappa shape index (κ3) is 2.47. The van der Waals surface area contributed by atoms with E-state index in [4.69, 9.17) is 10.5 Å². The molecule has 3 rings (SSSR count). The topological polar surface area (TPSA) is 60.2 Å². The van der Waals surface area contributed by atoms with Crippen molar-refractivity contribution in [2.45, 2.75) is 18.4 Å². The highest BCUT2D eigenvalue weighted by Gasteiger charge is 2.30. The van der Waals surface area contributed by atoms with Crippen LogP contribution in [0.3, 0.4) is 0 Å². The molecule has 104 valence electrons. The number of aromatic nitrogens is 1. The summed E-state index contributed by atoms with van der Waals surface area (Å²) < 4.78 is 5.78. The van der Waals surface area contributed by atoms with Crippen molar-refractivity contribution in [3.8, 4) is 5.75 Å². The van der Waals surface area contributed by atoms with Crippen LogP contribution >= 0.6 is 0 Å². The largest absolute Gasteiger partial charge is 0.493 e. The molecule has 0 radical (unpaired) electrons. The zero-order valence-corrected chi connectivity index (χ0v) is 11.5. The molecule has 1 aromatic carbocycles.